The van der Waals surface area contributed by atoms with E-state index in [1.54, 1.807) is 0 Å². The standard InChI is InChI=1S/C12H24O2S/c1-4-6-7-10(5-2)8-11(9-15)12(13)14-3/h10-11,15H,4-9H2,1-3H3. The fraction of sp³-hybridized carbons (Fsp3) is 0.917. The SMILES string of the molecule is CCCCC(CC)CC(CS)C(=O)OC. The number of rotatable bonds is 8. The van der Waals surface area contributed by atoms with Gasteiger partial charge in [0.1, 0.15) is 0 Å². The van der Waals surface area contributed by atoms with E-state index in [2.05, 4.69) is 26.5 Å². The van der Waals surface area contributed by atoms with Crippen molar-refractivity contribution in [2.24, 2.45) is 11.8 Å². The molecule has 90 valence electrons. The summed E-state index contributed by atoms with van der Waals surface area (Å²) < 4.78 is 4.77. The normalized spacial score (nSPS) is 14.7. The van der Waals surface area contributed by atoms with Crippen molar-refractivity contribution in [3.8, 4) is 0 Å². The van der Waals surface area contributed by atoms with E-state index < -0.39 is 0 Å². The first kappa shape index (κ1) is 14.8. The zero-order chi connectivity index (χ0) is 11.7. The average Bonchev–Trinajstić information content (AvgIpc) is 2.28. The number of hydrogen-bond acceptors (Lipinski definition) is 3. The van der Waals surface area contributed by atoms with E-state index in [1.165, 1.54) is 26.4 Å². The largest absolute Gasteiger partial charge is 0.469 e. The molecule has 0 amide bonds. The van der Waals surface area contributed by atoms with Crippen molar-refractivity contribution in [2.75, 3.05) is 12.9 Å². The van der Waals surface area contributed by atoms with Gasteiger partial charge in [-0.25, -0.2) is 0 Å². The van der Waals surface area contributed by atoms with Crippen LogP contribution in [-0.4, -0.2) is 18.8 Å². The lowest BCUT2D eigenvalue weighted by Crippen LogP contribution is -2.21. The molecule has 0 aliphatic heterocycles. The van der Waals surface area contributed by atoms with Crippen LogP contribution in [-0.2, 0) is 9.53 Å². The van der Waals surface area contributed by atoms with Crippen LogP contribution in [0, 0.1) is 11.8 Å². The Hall–Kier alpha value is -0.180. The number of unbranched alkanes of at least 4 members (excludes halogenated alkanes) is 1. The average molecular weight is 232 g/mol. The Morgan fingerprint density at radius 1 is 1.40 bits per heavy atom. The van der Waals surface area contributed by atoms with Gasteiger partial charge in [0.2, 0.25) is 0 Å². The Balaban J connectivity index is 4.05. The van der Waals surface area contributed by atoms with Crippen molar-refractivity contribution >= 4 is 18.6 Å². The molecule has 0 rings (SSSR count). The molecule has 15 heavy (non-hydrogen) atoms. The van der Waals surface area contributed by atoms with Crippen LogP contribution in [0.25, 0.3) is 0 Å². The lowest BCUT2D eigenvalue weighted by Gasteiger charge is -2.19. The maximum absolute atomic E-state index is 11.4. The van der Waals surface area contributed by atoms with Gasteiger partial charge in [0.05, 0.1) is 13.0 Å². The summed E-state index contributed by atoms with van der Waals surface area (Å²) in [5, 5.41) is 0. The van der Waals surface area contributed by atoms with Gasteiger partial charge in [-0.1, -0.05) is 39.5 Å². The molecule has 0 aliphatic carbocycles. The van der Waals surface area contributed by atoms with Crippen molar-refractivity contribution in [3.63, 3.8) is 0 Å². The van der Waals surface area contributed by atoms with Gasteiger partial charge < -0.3 is 4.74 Å². The molecule has 0 aromatic heterocycles. The highest BCUT2D eigenvalue weighted by Gasteiger charge is 2.21. The summed E-state index contributed by atoms with van der Waals surface area (Å²) in [6.45, 7) is 4.39. The van der Waals surface area contributed by atoms with Crippen LogP contribution in [0.5, 0.6) is 0 Å². The molecule has 2 nitrogen and oxygen atoms in total. The second kappa shape index (κ2) is 9.08. The minimum atomic E-state index is -0.111. The number of thiol groups is 1. The third kappa shape index (κ3) is 6.08. The quantitative estimate of drug-likeness (QED) is 0.513. The van der Waals surface area contributed by atoms with E-state index in [9.17, 15) is 4.79 Å². The van der Waals surface area contributed by atoms with Crippen LogP contribution >= 0.6 is 12.6 Å². The smallest absolute Gasteiger partial charge is 0.309 e. The number of methoxy groups -OCH3 is 1. The zero-order valence-corrected chi connectivity index (χ0v) is 11.1. The molecular weight excluding hydrogens is 208 g/mol. The van der Waals surface area contributed by atoms with Crippen LogP contribution in [0.4, 0.5) is 0 Å². The number of carbonyl (C=O) groups is 1. The van der Waals surface area contributed by atoms with Crippen LogP contribution in [0.3, 0.4) is 0 Å². The number of esters is 1. The first-order chi connectivity index (χ1) is 7.19. The van der Waals surface area contributed by atoms with E-state index in [0.29, 0.717) is 11.7 Å². The Morgan fingerprint density at radius 2 is 2.07 bits per heavy atom. The highest BCUT2D eigenvalue weighted by Crippen LogP contribution is 2.23. The maximum atomic E-state index is 11.4. The Labute approximate surface area is 99.2 Å². The predicted molar refractivity (Wildman–Crippen MR) is 67.3 cm³/mol. The van der Waals surface area contributed by atoms with Crippen LogP contribution in [0.15, 0.2) is 0 Å². The van der Waals surface area contributed by atoms with Gasteiger partial charge >= 0.3 is 5.97 Å². The molecule has 0 heterocycles. The fourth-order valence-corrected chi connectivity index (χ4v) is 2.09. The first-order valence-corrected chi connectivity index (χ1v) is 6.51. The molecule has 0 fully saturated rings. The lowest BCUT2D eigenvalue weighted by molar-refractivity contribution is -0.145. The van der Waals surface area contributed by atoms with E-state index >= 15 is 0 Å². The Bertz CT molecular complexity index is 171. The van der Waals surface area contributed by atoms with E-state index in [1.807, 2.05) is 0 Å². The van der Waals surface area contributed by atoms with Crippen molar-refractivity contribution in [2.45, 2.75) is 46.0 Å². The molecule has 0 bridgehead atoms. The molecule has 0 saturated carbocycles. The maximum Gasteiger partial charge on any atom is 0.309 e. The predicted octanol–water partition coefficient (Wildman–Crippen LogP) is 3.31. The summed E-state index contributed by atoms with van der Waals surface area (Å²) in [5.74, 6) is 1.09. The van der Waals surface area contributed by atoms with Crippen LogP contribution < -0.4 is 0 Å². The Morgan fingerprint density at radius 3 is 2.47 bits per heavy atom. The Kier molecular flexibility index (Phi) is 8.97. The first-order valence-electron chi connectivity index (χ1n) is 5.88. The molecule has 3 heteroatoms. The van der Waals surface area contributed by atoms with Gasteiger partial charge in [-0.05, 0) is 12.3 Å². The van der Waals surface area contributed by atoms with E-state index in [-0.39, 0.29) is 11.9 Å². The summed E-state index contributed by atoms with van der Waals surface area (Å²) in [7, 11) is 1.45. The number of ether oxygens (including phenoxy) is 1. The van der Waals surface area contributed by atoms with E-state index in [0.717, 1.165) is 12.8 Å². The van der Waals surface area contributed by atoms with Gasteiger partial charge in [0, 0.05) is 5.75 Å². The van der Waals surface area contributed by atoms with Crippen LogP contribution in [0.2, 0.25) is 0 Å². The van der Waals surface area contributed by atoms with Gasteiger partial charge in [0.15, 0.2) is 0 Å². The summed E-state index contributed by atoms with van der Waals surface area (Å²) in [6, 6.07) is 0. The molecule has 0 radical (unpaired) electrons. The summed E-state index contributed by atoms with van der Waals surface area (Å²) >= 11 is 4.21. The molecule has 0 spiro atoms. The second-order valence-electron chi connectivity index (χ2n) is 4.05. The number of hydrogen-bond donors (Lipinski definition) is 1. The molecule has 0 saturated heterocycles. The van der Waals surface area contributed by atoms with Crippen molar-refractivity contribution in [3.05, 3.63) is 0 Å². The fourth-order valence-electron chi connectivity index (χ4n) is 1.80. The van der Waals surface area contributed by atoms with Crippen molar-refractivity contribution < 1.29 is 9.53 Å². The summed E-state index contributed by atoms with van der Waals surface area (Å²) in [5.41, 5.74) is 0. The van der Waals surface area contributed by atoms with Crippen molar-refractivity contribution in [1.29, 1.82) is 0 Å². The molecule has 2 atom stereocenters. The zero-order valence-electron chi connectivity index (χ0n) is 10.2. The van der Waals surface area contributed by atoms with Gasteiger partial charge in [-0.2, -0.15) is 12.6 Å². The summed E-state index contributed by atoms with van der Waals surface area (Å²) in [4.78, 5) is 11.4. The molecule has 0 aromatic carbocycles. The highest BCUT2D eigenvalue weighted by molar-refractivity contribution is 7.80. The third-order valence-corrected chi connectivity index (χ3v) is 3.36. The van der Waals surface area contributed by atoms with Crippen molar-refractivity contribution in [1.82, 2.24) is 0 Å². The molecule has 2 unspecified atom stereocenters. The minimum absolute atomic E-state index is 0.0276. The monoisotopic (exact) mass is 232 g/mol. The topological polar surface area (TPSA) is 26.3 Å². The van der Waals surface area contributed by atoms with Gasteiger partial charge in [-0.15, -0.1) is 0 Å². The van der Waals surface area contributed by atoms with Gasteiger partial charge in [0.25, 0.3) is 0 Å². The van der Waals surface area contributed by atoms with Crippen LogP contribution in [0.1, 0.15) is 46.0 Å². The van der Waals surface area contributed by atoms with E-state index in [4.69, 9.17) is 4.74 Å². The molecule has 0 aliphatic rings. The third-order valence-electron chi connectivity index (χ3n) is 2.92. The summed E-state index contributed by atoms with van der Waals surface area (Å²) in [6.07, 6.45) is 5.75. The second-order valence-corrected chi connectivity index (χ2v) is 4.42. The number of carbonyl (C=O) groups excluding carboxylic acids is 1. The molecule has 0 aromatic rings. The minimum Gasteiger partial charge on any atom is -0.469 e. The van der Waals surface area contributed by atoms with Gasteiger partial charge in [-0.3, -0.25) is 4.79 Å². The molecular formula is C12H24O2S. The molecule has 0 N–H and O–H groups in total. The highest BCUT2D eigenvalue weighted by atomic mass is 32.1. The lowest BCUT2D eigenvalue weighted by atomic mass is 9.89.